The standard InChI is InChI=1S/C9H10NO/c10-7-6-9(11)8-4-2-1-3-5-8/h1-5,7H,6,10H2. The van der Waals surface area contributed by atoms with E-state index in [0.29, 0.717) is 12.0 Å². The summed E-state index contributed by atoms with van der Waals surface area (Å²) in [5.74, 6) is 0.0631. The second-order valence-electron chi connectivity index (χ2n) is 2.23. The number of rotatable bonds is 3. The maximum Gasteiger partial charge on any atom is 0.164 e. The van der Waals surface area contributed by atoms with Crippen LogP contribution in [0.3, 0.4) is 0 Å². The van der Waals surface area contributed by atoms with E-state index in [1.165, 1.54) is 6.54 Å². The minimum absolute atomic E-state index is 0.0631. The third-order valence-electron chi connectivity index (χ3n) is 1.40. The van der Waals surface area contributed by atoms with Gasteiger partial charge in [0.05, 0.1) is 0 Å². The van der Waals surface area contributed by atoms with Crippen molar-refractivity contribution in [3.05, 3.63) is 42.4 Å². The normalized spacial score (nSPS) is 9.55. The minimum atomic E-state index is 0.0631. The monoisotopic (exact) mass is 148 g/mol. The molecule has 2 heteroatoms. The van der Waals surface area contributed by atoms with Gasteiger partial charge in [0, 0.05) is 18.5 Å². The van der Waals surface area contributed by atoms with Crippen molar-refractivity contribution in [1.29, 1.82) is 0 Å². The lowest BCUT2D eigenvalue weighted by molar-refractivity contribution is 0.0991. The van der Waals surface area contributed by atoms with Crippen molar-refractivity contribution < 1.29 is 4.79 Å². The first-order valence-corrected chi connectivity index (χ1v) is 3.46. The van der Waals surface area contributed by atoms with Crippen LogP contribution in [-0.4, -0.2) is 5.78 Å². The fraction of sp³-hybridized carbons (Fsp3) is 0.111. The summed E-state index contributed by atoms with van der Waals surface area (Å²) in [5.41, 5.74) is 5.84. The van der Waals surface area contributed by atoms with Crippen LogP contribution in [-0.2, 0) is 0 Å². The molecule has 0 aliphatic rings. The van der Waals surface area contributed by atoms with Crippen LogP contribution in [0.15, 0.2) is 30.3 Å². The van der Waals surface area contributed by atoms with Crippen molar-refractivity contribution in [1.82, 2.24) is 0 Å². The van der Waals surface area contributed by atoms with Crippen LogP contribution >= 0.6 is 0 Å². The van der Waals surface area contributed by atoms with Crippen molar-refractivity contribution in [3.63, 3.8) is 0 Å². The molecule has 1 aromatic rings. The van der Waals surface area contributed by atoms with E-state index in [2.05, 4.69) is 0 Å². The summed E-state index contributed by atoms with van der Waals surface area (Å²) in [6, 6.07) is 9.12. The van der Waals surface area contributed by atoms with Crippen LogP contribution < -0.4 is 5.73 Å². The van der Waals surface area contributed by atoms with Crippen LogP contribution in [0.25, 0.3) is 0 Å². The largest absolute Gasteiger partial charge is 0.326 e. The van der Waals surface area contributed by atoms with Gasteiger partial charge >= 0.3 is 0 Å². The molecule has 0 saturated carbocycles. The van der Waals surface area contributed by atoms with Gasteiger partial charge in [-0.15, -0.1) is 0 Å². The fourth-order valence-corrected chi connectivity index (χ4v) is 0.849. The maximum atomic E-state index is 11.1. The molecule has 2 nitrogen and oxygen atoms in total. The molecule has 0 saturated heterocycles. The Bertz CT molecular complexity index is 231. The average Bonchev–Trinajstić information content (AvgIpc) is 2.07. The van der Waals surface area contributed by atoms with Gasteiger partial charge in [0.1, 0.15) is 0 Å². The van der Waals surface area contributed by atoms with Crippen molar-refractivity contribution in [2.45, 2.75) is 6.42 Å². The van der Waals surface area contributed by atoms with Crippen LogP contribution in [0.4, 0.5) is 0 Å². The quantitative estimate of drug-likeness (QED) is 0.658. The molecule has 1 radical (unpaired) electrons. The van der Waals surface area contributed by atoms with E-state index >= 15 is 0 Å². The molecule has 0 unspecified atom stereocenters. The van der Waals surface area contributed by atoms with Crippen molar-refractivity contribution in [3.8, 4) is 0 Å². The maximum absolute atomic E-state index is 11.1. The van der Waals surface area contributed by atoms with Gasteiger partial charge in [-0.2, -0.15) is 0 Å². The second kappa shape index (κ2) is 3.88. The molecular formula is C9H10NO. The number of hydrogen-bond acceptors (Lipinski definition) is 2. The first kappa shape index (κ1) is 7.95. The van der Waals surface area contributed by atoms with Gasteiger partial charge < -0.3 is 5.73 Å². The Kier molecular flexibility index (Phi) is 2.81. The highest BCUT2D eigenvalue weighted by Gasteiger charge is 2.01. The number of nitrogens with two attached hydrogens (primary N) is 1. The molecule has 0 aliphatic heterocycles. The molecule has 0 atom stereocenters. The zero-order valence-corrected chi connectivity index (χ0v) is 6.16. The molecule has 0 spiro atoms. The number of Topliss-reactive ketones (excluding diaryl/α,β-unsaturated/α-hetero) is 1. The highest BCUT2D eigenvalue weighted by atomic mass is 16.1. The third kappa shape index (κ3) is 2.16. The lowest BCUT2D eigenvalue weighted by atomic mass is 10.1. The SMILES string of the molecule is N[CH]CC(=O)c1ccccc1. The number of carbonyl (C=O) groups excluding carboxylic acids is 1. The van der Waals surface area contributed by atoms with Gasteiger partial charge in [0.15, 0.2) is 5.78 Å². The lowest BCUT2D eigenvalue weighted by Gasteiger charge is -1.95. The van der Waals surface area contributed by atoms with Gasteiger partial charge in [-0.1, -0.05) is 30.3 Å². The van der Waals surface area contributed by atoms with E-state index < -0.39 is 0 Å². The summed E-state index contributed by atoms with van der Waals surface area (Å²) >= 11 is 0. The molecule has 0 aromatic heterocycles. The first-order chi connectivity index (χ1) is 5.34. The number of ketones is 1. The first-order valence-electron chi connectivity index (χ1n) is 3.46. The van der Waals surface area contributed by atoms with Gasteiger partial charge in [-0.05, 0) is 0 Å². The van der Waals surface area contributed by atoms with E-state index in [1.807, 2.05) is 18.2 Å². The van der Waals surface area contributed by atoms with Crippen molar-refractivity contribution >= 4 is 5.78 Å². The molecule has 0 fully saturated rings. The summed E-state index contributed by atoms with van der Waals surface area (Å²) in [6.07, 6.45) is 0.310. The fourth-order valence-electron chi connectivity index (χ4n) is 0.849. The van der Waals surface area contributed by atoms with E-state index in [-0.39, 0.29) is 5.78 Å². The van der Waals surface area contributed by atoms with Gasteiger partial charge in [-0.25, -0.2) is 0 Å². The molecule has 1 rings (SSSR count). The minimum Gasteiger partial charge on any atom is -0.326 e. The molecular weight excluding hydrogens is 138 g/mol. The zero-order valence-electron chi connectivity index (χ0n) is 6.16. The Balaban J connectivity index is 2.69. The van der Waals surface area contributed by atoms with E-state index in [4.69, 9.17) is 5.73 Å². The molecule has 1 aromatic carbocycles. The molecule has 0 aliphatic carbocycles. The Morgan fingerprint density at radius 3 is 2.55 bits per heavy atom. The average molecular weight is 148 g/mol. The molecule has 11 heavy (non-hydrogen) atoms. The molecule has 57 valence electrons. The van der Waals surface area contributed by atoms with Gasteiger partial charge in [0.2, 0.25) is 0 Å². The van der Waals surface area contributed by atoms with Gasteiger partial charge in [0.25, 0.3) is 0 Å². The Hall–Kier alpha value is -1.15. The topological polar surface area (TPSA) is 43.1 Å². The van der Waals surface area contributed by atoms with Crippen molar-refractivity contribution in [2.24, 2.45) is 5.73 Å². The predicted molar refractivity (Wildman–Crippen MR) is 43.9 cm³/mol. The summed E-state index contributed by atoms with van der Waals surface area (Å²) in [6.45, 7) is 1.37. The summed E-state index contributed by atoms with van der Waals surface area (Å²) in [4.78, 5) is 11.1. The third-order valence-corrected chi connectivity index (χ3v) is 1.40. The van der Waals surface area contributed by atoms with E-state index in [9.17, 15) is 4.79 Å². The summed E-state index contributed by atoms with van der Waals surface area (Å²) in [7, 11) is 0. The predicted octanol–water partition coefficient (Wildman–Crippen LogP) is 1.38. The summed E-state index contributed by atoms with van der Waals surface area (Å²) < 4.78 is 0. The van der Waals surface area contributed by atoms with E-state index in [0.717, 1.165) is 0 Å². The Morgan fingerprint density at radius 2 is 2.00 bits per heavy atom. The van der Waals surface area contributed by atoms with Crippen LogP contribution in [0.2, 0.25) is 0 Å². The summed E-state index contributed by atoms with van der Waals surface area (Å²) in [5, 5.41) is 0. The zero-order chi connectivity index (χ0) is 8.10. The highest BCUT2D eigenvalue weighted by Crippen LogP contribution is 2.02. The highest BCUT2D eigenvalue weighted by molar-refractivity contribution is 5.96. The number of carbonyl (C=O) groups is 1. The number of benzene rings is 1. The molecule has 0 heterocycles. The molecule has 2 N–H and O–H groups in total. The Labute approximate surface area is 66.0 Å². The van der Waals surface area contributed by atoms with Crippen LogP contribution in [0.5, 0.6) is 0 Å². The van der Waals surface area contributed by atoms with Gasteiger partial charge in [-0.3, -0.25) is 4.79 Å². The molecule has 0 bridgehead atoms. The van der Waals surface area contributed by atoms with Crippen LogP contribution in [0.1, 0.15) is 16.8 Å². The van der Waals surface area contributed by atoms with Crippen LogP contribution in [0, 0.1) is 6.54 Å². The second-order valence-corrected chi connectivity index (χ2v) is 2.23. The Morgan fingerprint density at radius 1 is 1.36 bits per heavy atom. The van der Waals surface area contributed by atoms with Crippen molar-refractivity contribution in [2.75, 3.05) is 0 Å². The molecule has 0 amide bonds. The lowest BCUT2D eigenvalue weighted by Crippen LogP contribution is -2.02. The number of hydrogen-bond donors (Lipinski definition) is 1. The smallest absolute Gasteiger partial charge is 0.164 e. The van der Waals surface area contributed by atoms with E-state index in [1.54, 1.807) is 12.1 Å².